The van der Waals surface area contributed by atoms with Crippen LogP contribution in [0.1, 0.15) is 43.9 Å². The fourth-order valence-corrected chi connectivity index (χ4v) is 4.58. The normalized spacial score (nSPS) is 26.2. The predicted molar refractivity (Wildman–Crippen MR) is 82.6 cm³/mol. The summed E-state index contributed by atoms with van der Waals surface area (Å²) >= 11 is 5.35. The molecule has 1 aromatic rings. The lowest BCUT2D eigenvalue weighted by Crippen LogP contribution is -2.43. The molecule has 1 aromatic heterocycles. The van der Waals surface area contributed by atoms with Crippen LogP contribution in [0.4, 0.5) is 0 Å². The molecule has 1 atom stereocenters. The number of halogens is 1. The summed E-state index contributed by atoms with van der Waals surface area (Å²) in [4.78, 5) is 1.42. The summed E-state index contributed by atoms with van der Waals surface area (Å²) in [7, 11) is 0. The molecule has 1 aliphatic carbocycles. The quantitative estimate of drug-likeness (QED) is 0.630. The minimum Gasteiger partial charge on any atom is -0.271 e. The van der Waals surface area contributed by atoms with E-state index in [9.17, 15) is 0 Å². The van der Waals surface area contributed by atoms with E-state index in [0.29, 0.717) is 6.04 Å². The van der Waals surface area contributed by atoms with E-state index in [1.807, 2.05) is 11.3 Å². The van der Waals surface area contributed by atoms with Gasteiger partial charge in [0.2, 0.25) is 0 Å². The van der Waals surface area contributed by atoms with Crippen molar-refractivity contribution in [1.29, 1.82) is 0 Å². The van der Waals surface area contributed by atoms with E-state index in [1.54, 1.807) is 0 Å². The molecule has 0 aromatic carbocycles. The number of hydrazine groups is 1. The largest absolute Gasteiger partial charge is 0.271 e. The minimum absolute atomic E-state index is 0.438. The van der Waals surface area contributed by atoms with Gasteiger partial charge in [0, 0.05) is 10.9 Å². The van der Waals surface area contributed by atoms with Gasteiger partial charge in [-0.2, -0.15) is 0 Å². The van der Waals surface area contributed by atoms with Gasteiger partial charge >= 0.3 is 0 Å². The lowest BCUT2D eigenvalue weighted by molar-refractivity contribution is 0.217. The first-order chi connectivity index (χ1) is 8.72. The first-order valence-corrected chi connectivity index (χ1v) is 8.54. The third kappa shape index (κ3) is 3.80. The molecule has 0 spiro atoms. The number of rotatable bonds is 5. The fourth-order valence-electron chi connectivity index (χ4n) is 3.04. The van der Waals surface area contributed by atoms with Crippen molar-refractivity contribution in [3.8, 4) is 0 Å². The maximum Gasteiger partial charge on any atom is 0.0701 e. The number of hydrogen-bond acceptors (Lipinski definition) is 3. The molecule has 3 N–H and O–H groups in total. The first kappa shape index (κ1) is 14.5. The van der Waals surface area contributed by atoms with Gasteiger partial charge in [0.25, 0.3) is 0 Å². The van der Waals surface area contributed by atoms with Gasteiger partial charge in [-0.05, 0) is 59.2 Å². The third-order valence-corrected chi connectivity index (χ3v) is 5.95. The molecule has 4 heteroatoms. The minimum atomic E-state index is 0.438. The molecule has 0 saturated heterocycles. The molecule has 0 radical (unpaired) electrons. The molecular formula is C14H23BrN2S. The van der Waals surface area contributed by atoms with Crippen molar-refractivity contribution >= 4 is 27.3 Å². The Balaban J connectivity index is 1.89. The number of nitrogens with one attached hydrogen (secondary N) is 1. The Labute approximate surface area is 122 Å². The number of thiophene rings is 1. The Bertz CT molecular complexity index is 358. The molecule has 0 bridgehead atoms. The van der Waals surface area contributed by atoms with Crippen molar-refractivity contribution in [2.45, 2.75) is 51.5 Å². The maximum atomic E-state index is 5.77. The van der Waals surface area contributed by atoms with Crippen LogP contribution in [0.15, 0.2) is 15.9 Å². The smallest absolute Gasteiger partial charge is 0.0701 e. The average molecular weight is 331 g/mol. The van der Waals surface area contributed by atoms with Crippen molar-refractivity contribution in [2.75, 3.05) is 0 Å². The van der Waals surface area contributed by atoms with E-state index in [2.05, 4.69) is 40.4 Å². The fraction of sp³-hybridized carbons (Fsp3) is 0.714. The zero-order chi connectivity index (χ0) is 13.0. The number of hydrogen-bond donors (Lipinski definition) is 2. The van der Waals surface area contributed by atoms with Crippen LogP contribution >= 0.6 is 27.3 Å². The highest BCUT2D eigenvalue weighted by Crippen LogP contribution is 2.34. The van der Waals surface area contributed by atoms with E-state index in [-0.39, 0.29) is 0 Å². The van der Waals surface area contributed by atoms with Crippen molar-refractivity contribution in [1.82, 2.24) is 5.43 Å². The van der Waals surface area contributed by atoms with Crippen LogP contribution in [0.2, 0.25) is 0 Å². The lowest BCUT2D eigenvalue weighted by atomic mass is 9.77. The summed E-state index contributed by atoms with van der Waals surface area (Å²) in [6.07, 6.45) is 7.83. The molecule has 2 rings (SSSR count). The van der Waals surface area contributed by atoms with Gasteiger partial charge in [0.05, 0.1) is 3.79 Å². The maximum absolute atomic E-state index is 5.77. The van der Waals surface area contributed by atoms with Gasteiger partial charge in [0.15, 0.2) is 0 Å². The van der Waals surface area contributed by atoms with Crippen LogP contribution in [-0.4, -0.2) is 6.04 Å². The van der Waals surface area contributed by atoms with Gasteiger partial charge < -0.3 is 0 Å². The van der Waals surface area contributed by atoms with E-state index < -0.39 is 0 Å². The Morgan fingerprint density at radius 3 is 2.61 bits per heavy atom. The van der Waals surface area contributed by atoms with Crippen LogP contribution < -0.4 is 11.3 Å². The van der Waals surface area contributed by atoms with Crippen LogP contribution in [0, 0.1) is 11.8 Å². The second-order valence-corrected chi connectivity index (χ2v) is 7.92. The van der Waals surface area contributed by atoms with Crippen molar-refractivity contribution in [3.63, 3.8) is 0 Å². The van der Waals surface area contributed by atoms with Gasteiger partial charge in [-0.3, -0.25) is 11.3 Å². The van der Waals surface area contributed by atoms with Crippen molar-refractivity contribution in [3.05, 3.63) is 20.8 Å². The van der Waals surface area contributed by atoms with Gasteiger partial charge in [0.1, 0.15) is 0 Å². The summed E-state index contributed by atoms with van der Waals surface area (Å²) in [5, 5.41) is 0. The molecule has 1 heterocycles. The molecule has 18 heavy (non-hydrogen) atoms. The third-order valence-electron chi connectivity index (χ3n) is 4.30. The van der Waals surface area contributed by atoms with Gasteiger partial charge in [-0.15, -0.1) is 11.3 Å². The number of nitrogens with two attached hydrogens (primary N) is 1. The average Bonchev–Trinajstić information content (AvgIpc) is 2.82. The second-order valence-electron chi connectivity index (χ2n) is 5.37. The standard InChI is InChI=1S/C14H23BrN2S/c1-2-10-3-5-11(6-4-10)13(17-16)9-12-7-8-14(15)18-12/h7-8,10-11,13,17H,2-6,9,16H2,1H3. The summed E-state index contributed by atoms with van der Waals surface area (Å²) in [6, 6.07) is 4.77. The van der Waals surface area contributed by atoms with Crippen molar-refractivity contribution < 1.29 is 0 Å². The zero-order valence-electron chi connectivity index (χ0n) is 11.0. The second kappa shape index (κ2) is 7.04. The molecule has 1 unspecified atom stereocenters. The first-order valence-electron chi connectivity index (χ1n) is 6.93. The van der Waals surface area contributed by atoms with E-state index in [1.165, 1.54) is 40.8 Å². The molecule has 1 saturated carbocycles. The SMILES string of the molecule is CCC1CCC(C(Cc2ccc(Br)s2)NN)CC1. The Kier molecular flexibility index (Phi) is 5.67. The van der Waals surface area contributed by atoms with Crippen LogP contribution in [-0.2, 0) is 6.42 Å². The molecule has 1 aliphatic rings. The van der Waals surface area contributed by atoms with Crippen LogP contribution in [0.3, 0.4) is 0 Å². The van der Waals surface area contributed by atoms with Crippen LogP contribution in [0.5, 0.6) is 0 Å². The summed E-state index contributed by atoms with van der Waals surface area (Å²) in [5.41, 5.74) is 3.05. The predicted octanol–water partition coefficient (Wildman–Crippen LogP) is 4.10. The summed E-state index contributed by atoms with van der Waals surface area (Å²) in [5.74, 6) is 7.47. The molecule has 0 amide bonds. The Morgan fingerprint density at radius 1 is 1.39 bits per heavy atom. The van der Waals surface area contributed by atoms with E-state index in [0.717, 1.165) is 18.3 Å². The summed E-state index contributed by atoms with van der Waals surface area (Å²) in [6.45, 7) is 2.31. The molecular weight excluding hydrogens is 308 g/mol. The molecule has 102 valence electrons. The molecule has 0 aliphatic heterocycles. The molecule has 1 fully saturated rings. The van der Waals surface area contributed by atoms with E-state index in [4.69, 9.17) is 5.84 Å². The highest BCUT2D eigenvalue weighted by molar-refractivity contribution is 9.11. The highest BCUT2D eigenvalue weighted by Gasteiger charge is 2.26. The van der Waals surface area contributed by atoms with Crippen LogP contribution in [0.25, 0.3) is 0 Å². The Morgan fingerprint density at radius 2 is 2.11 bits per heavy atom. The Hall–Kier alpha value is 0.1000. The lowest BCUT2D eigenvalue weighted by Gasteiger charge is -2.33. The van der Waals surface area contributed by atoms with Gasteiger partial charge in [-0.25, -0.2) is 0 Å². The van der Waals surface area contributed by atoms with Gasteiger partial charge in [-0.1, -0.05) is 26.2 Å². The monoisotopic (exact) mass is 330 g/mol. The highest BCUT2D eigenvalue weighted by atomic mass is 79.9. The zero-order valence-corrected chi connectivity index (χ0v) is 13.4. The van der Waals surface area contributed by atoms with Crippen molar-refractivity contribution in [2.24, 2.45) is 17.7 Å². The summed E-state index contributed by atoms with van der Waals surface area (Å²) < 4.78 is 1.21. The topological polar surface area (TPSA) is 38.0 Å². The molecule has 2 nitrogen and oxygen atoms in total. The van der Waals surface area contributed by atoms with E-state index >= 15 is 0 Å².